The molecule has 0 amide bonds. The van der Waals surface area contributed by atoms with Gasteiger partial charge in [-0.1, -0.05) is 324 Å². The largest absolute Gasteiger partial charge is 0.508 e. The zero-order valence-corrected chi connectivity index (χ0v) is 71.9. The highest BCUT2D eigenvalue weighted by Gasteiger charge is 2.06. The Morgan fingerprint density at radius 2 is 0.657 bits per heavy atom. The molecule has 0 heterocycles. The zero-order chi connectivity index (χ0) is 81.3. The van der Waals surface area contributed by atoms with E-state index in [2.05, 4.69) is 218 Å². The van der Waals surface area contributed by atoms with Crippen LogP contribution in [0.3, 0.4) is 0 Å². The number of hydrogen-bond acceptors (Lipinski definition) is 3. The predicted octanol–water partition coefficient (Wildman–Crippen LogP) is 31.0. The molecule has 1 N–H and O–H groups in total. The third-order valence-corrected chi connectivity index (χ3v) is 17.0. The summed E-state index contributed by atoms with van der Waals surface area (Å²) in [6, 6.07) is 77.0. The summed E-state index contributed by atoms with van der Waals surface area (Å²) in [6.45, 7) is 45.5. The number of phenolic OH excluding ortho intramolecular Hbond substituents is 1. The minimum Gasteiger partial charge on any atom is -0.508 e. The zero-order valence-electron chi connectivity index (χ0n) is 69.6. The number of methoxy groups -OCH3 is 2. The Bertz CT molecular complexity index is 3670. The second kappa shape index (κ2) is 56.5. The van der Waals surface area contributed by atoms with Crippen LogP contribution in [-0.4, -0.2) is 19.3 Å². The number of phenols is 1. The molecule has 0 saturated carbocycles. The monoisotopic (exact) mass is 1530 g/mol. The van der Waals surface area contributed by atoms with Crippen LogP contribution in [0.4, 0.5) is 13.2 Å². The molecule has 10 rings (SSSR count). The van der Waals surface area contributed by atoms with Crippen molar-refractivity contribution in [2.75, 3.05) is 14.2 Å². The second-order valence-electron chi connectivity index (χ2n) is 31.0. The van der Waals surface area contributed by atoms with Gasteiger partial charge in [0.1, 0.15) is 34.7 Å². The van der Waals surface area contributed by atoms with Crippen molar-refractivity contribution in [1.29, 1.82) is 0 Å². The first-order valence-corrected chi connectivity index (χ1v) is 39.7. The van der Waals surface area contributed by atoms with E-state index in [4.69, 9.17) is 49.4 Å². The first-order chi connectivity index (χ1) is 51.0. The molecule has 0 aliphatic heterocycles. The fraction of sp³-hybridized carbons (Fsp3) is 0.394. The van der Waals surface area contributed by atoms with Gasteiger partial charge in [0.25, 0.3) is 0 Å². The maximum absolute atomic E-state index is 12.9. The minimum atomic E-state index is -0.155. The minimum absolute atomic E-state index is 0.0822. The molecule has 10 aromatic rings. The summed E-state index contributed by atoms with van der Waals surface area (Å²) in [5.41, 5.74) is 13.7. The number of hydrogen-bond donors (Lipinski definition) is 1. The summed E-state index contributed by atoms with van der Waals surface area (Å²) in [7, 11) is 3.39. The molecule has 3 nitrogen and oxygen atoms in total. The summed E-state index contributed by atoms with van der Waals surface area (Å²) >= 11 is 17.5. The lowest BCUT2D eigenvalue weighted by Crippen LogP contribution is -1.96. The molecule has 0 spiro atoms. The summed E-state index contributed by atoms with van der Waals surface area (Å²) in [6.07, 6.45) is 6.13. The Hall–Kier alpha value is -7.74. The summed E-state index contributed by atoms with van der Waals surface area (Å²) in [5, 5.41) is 11.6. The lowest BCUT2D eigenvalue weighted by Gasteiger charge is -2.06. The lowest BCUT2D eigenvalue weighted by molar-refractivity contribution is 0.414. The first kappa shape index (κ1) is 98.3. The van der Waals surface area contributed by atoms with Gasteiger partial charge in [0.15, 0.2) is 0 Å². The van der Waals surface area contributed by atoms with Crippen LogP contribution >= 0.6 is 34.8 Å². The van der Waals surface area contributed by atoms with E-state index >= 15 is 0 Å². The van der Waals surface area contributed by atoms with Crippen LogP contribution in [0.5, 0.6) is 17.2 Å². The Kier molecular flexibility index (Phi) is 51.4. The Balaban J connectivity index is 0.000000600. The van der Waals surface area contributed by atoms with Gasteiger partial charge in [-0.05, 0) is 257 Å². The smallest absolute Gasteiger partial charge is 0.126 e. The second-order valence-corrected chi connectivity index (χ2v) is 32.2. The Morgan fingerprint density at radius 1 is 0.296 bits per heavy atom. The van der Waals surface area contributed by atoms with Crippen LogP contribution in [0.2, 0.25) is 15.1 Å². The molecule has 0 aliphatic rings. The number of ether oxygens (including phenoxy) is 2. The van der Waals surface area contributed by atoms with E-state index in [1.165, 1.54) is 74.3 Å². The van der Waals surface area contributed by atoms with Gasteiger partial charge in [-0.25, -0.2) is 13.2 Å². The van der Waals surface area contributed by atoms with Crippen molar-refractivity contribution >= 4 is 34.8 Å². The molecule has 0 aliphatic carbocycles. The topological polar surface area (TPSA) is 38.7 Å². The Labute approximate surface area is 669 Å². The maximum atomic E-state index is 12.9. The van der Waals surface area contributed by atoms with Gasteiger partial charge in [-0.2, -0.15) is 0 Å². The standard InChI is InChI=1S/3C10H13Cl.3C10H13F.2C10H14O.C10H14.C9H12O/c1-8(2)7-9-3-5-10(11)6-4-9;1-8(2)6-9-4-3-5-10(11)7-9;1-8(2)7-9-5-3-4-6-10(9)11;1-8(2)7-9-3-5-10(11)6-4-9;1-8(2)6-9-4-3-5-10(11)7-9;1-8(2)7-9-5-3-4-6-10(9)11;2*1-8(2)9-5-4-6-10(7-9)11-3;1-8(2)10-6-4-5-9(3)7-10;1-7(2)8-4-3-5-9(10)6-8/h3-6,8H,7H2,1-2H3;3-5,7-8H,6H2,1-2H3;2*3-6,8H,7H2,1-2H3;3-5,7-8H,6H2,1-2H3;3-6,8H,7H2,1-2H3;2*4-8H,1-3H3;4-8H,1-3H3;3-7,10H,1-2H3. The quantitative estimate of drug-likeness (QED) is 0.0930. The average molecular weight is 1530 g/mol. The van der Waals surface area contributed by atoms with Crippen molar-refractivity contribution in [1.82, 2.24) is 0 Å². The normalized spacial score (nSPS) is 10.4. The molecular weight excluding hydrogens is 1400 g/mol. The van der Waals surface area contributed by atoms with Gasteiger partial charge in [0, 0.05) is 15.1 Å². The molecule has 0 unspecified atom stereocenters. The number of aromatic hydroxyl groups is 1. The first-order valence-electron chi connectivity index (χ1n) is 38.6. The number of aryl methyl sites for hydroxylation is 1. The van der Waals surface area contributed by atoms with Gasteiger partial charge in [0.2, 0.25) is 0 Å². The fourth-order valence-corrected chi connectivity index (χ4v) is 11.1. The van der Waals surface area contributed by atoms with Gasteiger partial charge in [0.05, 0.1) is 14.2 Å². The molecule has 0 atom stereocenters. The molecule has 0 saturated heterocycles. The molecule has 0 aromatic heterocycles. The van der Waals surface area contributed by atoms with Crippen molar-refractivity contribution in [3.8, 4) is 17.2 Å². The van der Waals surface area contributed by atoms with Crippen LogP contribution in [0.15, 0.2) is 243 Å². The summed E-state index contributed by atoms with van der Waals surface area (Å²) in [4.78, 5) is 0. The van der Waals surface area contributed by atoms with E-state index in [1.807, 2.05) is 115 Å². The van der Waals surface area contributed by atoms with E-state index in [0.29, 0.717) is 59.0 Å². The third kappa shape index (κ3) is 48.6. The van der Waals surface area contributed by atoms with Crippen LogP contribution in [-0.2, 0) is 38.5 Å². The highest BCUT2D eigenvalue weighted by Crippen LogP contribution is 2.24. The van der Waals surface area contributed by atoms with Gasteiger partial charge >= 0.3 is 0 Å². The van der Waals surface area contributed by atoms with Crippen molar-refractivity contribution in [3.63, 3.8) is 0 Å². The van der Waals surface area contributed by atoms with E-state index in [0.717, 1.165) is 82.1 Å². The predicted molar refractivity (Wildman–Crippen MR) is 466 cm³/mol. The van der Waals surface area contributed by atoms with Gasteiger partial charge in [-0.15, -0.1) is 0 Å². The number of rotatable bonds is 18. The molecular formula is C99H132Cl3F3O3. The molecule has 10 aromatic carbocycles. The average Bonchev–Trinajstić information content (AvgIpc) is 0.904. The molecule has 108 heavy (non-hydrogen) atoms. The Morgan fingerprint density at radius 3 is 1.04 bits per heavy atom. The molecule has 0 radical (unpaired) electrons. The van der Waals surface area contributed by atoms with Gasteiger partial charge < -0.3 is 14.6 Å². The molecule has 0 fully saturated rings. The molecule has 588 valence electrons. The van der Waals surface area contributed by atoms with E-state index in [9.17, 15) is 13.2 Å². The van der Waals surface area contributed by atoms with Gasteiger partial charge in [-0.3, -0.25) is 0 Å². The van der Waals surface area contributed by atoms with Crippen LogP contribution < -0.4 is 9.47 Å². The number of halogens is 6. The molecule has 0 bridgehead atoms. The number of benzene rings is 10. The van der Waals surface area contributed by atoms with Crippen molar-refractivity contribution in [3.05, 3.63) is 336 Å². The van der Waals surface area contributed by atoms with E-state index < -0.39 is 0 Å². The lowest BCUT2D eigenvalue weighted by atomic mass is 10.0. The van der Waals surface area contributed by atoms with Crippen molar-refractivity contribution in [2.45, 2.75) is 208 Å². The highest BCUT2D eigenvalue weighted by atomic mass is 35.5. The van der Waals surface area contributed by atoms with Crippen LogP contribution in [0, 0.1) is 59.9 Å². The SMILES string of the molecule is CC(C)Cc1ccc(Cl)cc1.CC(C)Cc1ccc(F)cc1.CC(C)Cc1cccc(Cl)c1.CC(C)Cc1cccc(F)c1.CC(C)Cc1ccccc1Cl.CC(C)Cc1ccccc1F.CC(C)c1cccc(O)c1.COc1cccc(C(C)C)c1.COc1cccc(C(C)C)c1.Cc1cccc(C(C)C)c1. The fourth-order valence-electron chi connectivity index (χ4n) is 10.6. The van der Waals surface area contributed by atoms with E-state index in [1.54, 1.807) is 44.6 Å². The maximum Gasteiger partial charge on any atom is 0.126 e. The molecule has 9 heteroatoms. The van der Waals surface area contributed by atoms with Crippen LogP contribution in [0.25, 0.3) is 0 Å². The highest BCUT2D eigenvalue weighted by molar-refractivity contribution is 6.31. The van der Waals surface area contributed by atoms with E-state index in [-0.39, 0.29) is 17.5 Å². The van der Waals surface area contributed by atoms with Crippen LogP contribution in [0.1, 0.15) is 223 Å². The summed E-state index contributed by atoms with van der Waals surface area (Å²) < 4.78 is 48.2. The van der Waals surface area contributed by atoms with Crippen molar-refractivity contribution in [2.24, 2.45) is 35.5 Å². The van der Waals surface area contributed by atoms with Crippen molar-refractivity contribution < 1.29 is 27.8 Å². The summed E-state index contributed by atoms with van der Waals surface area (Å²) in [5.74, 6) is 8.01. The third-order valence-electron chi connectivity index (χ3n) is 16.1.